The van der Waals surface area contributed by atoms with Crippen molar-refractivity contribution in [1.82, 2.24) is 4.57 Å². The van der Waals surface area contributed by atoms with Gasteiger partial charge in [0.1, 0.15) is 0 Å². The lowest BCUT2D eigenvalue weighted by atomic mass is 10.1. The molecule has 7 heteroatoms. The number of nitrogens with one attached hydrogen (secondary N) is 1. The molecule has 0 unspecified atom stereocenters. The van der Waals surface area contributed by atoms with Gasteiger partial charge in [-0.1, -0.05) is 42.0 Å². The molecule has 0 bridgehead atoms. The zero-order chi connectivity index (χ0) is 21.0. The van der Waals surface area contributed by atoms with E-state index in [1.165, 1.54) is 0 Å². The molecular formula is C22H24N2O4S. The van der Waals surface area contributed by atoms with Crippen LogP contribution in [0.1, 0.15) is 32.9 Å². The number of aromatic nitrogens is 1. The van der Waals surface area contributed by atoms with Crippen molar-refractivity contribution >= 4 is 21.5 Å². The van der Waals surface area contributed by atoms with Gasteiger partial charge >= 0.3 is 0 Å². The van der Waals surface area contributed by atoms with Gasteiger partial charge in [0, 0.05) is 30.4 Å². The van der Waals surface area contributed by atoms with E-state index in [2.05, 4.69) is 4.72 Å². The maximum Gasteiger partial charge on any atom is 0.234 e. The average Bonchev–Trinajstić information content (AvgIpc) is 3.03. The molecule has 0 radical (unpaired) electrons. The molecule has 0 saturated carbocycles. The number of aliphatic hydroxyl groups excluding tert-OH is 1. The molecule has 0 spiro atoms. The Bertz CT molecular complexity index is 1100. The average molecular weight is 413 g/mol. The fourth-order valence-corrected chi connectivity index (χ4v) is 3.90. The van der Waals surface area contributed by atoms with Crippen molar-refractivity contribution in [3.05, 3.63) is 88.7 Å². The molecule has 2 N–H and O–H groups in total. The van der Waals surface area contributed by atoms with Crippen LogP contribution in [0.4, 0.5) is 5.69 Å². The largest absolute Gasteiger partial charge is 0.395 e. The molecule has 3 rings (SSSR count). The first-order chi connectivity index (χ1) is 13.8. The van der Waals surface area contributed by atoms with Crippen molar-refractivity contribution in [2.24, 2.45) is 7.05 Å². The van der Waals surface area contributed by atoms with E-state index in [4.69, 9.17) is 5.11 Å². The van der Waals surface area contributed by atoms with Crippen LogP contribution < -0.4 is 4.72 Å². The van der Waals surface area contributed by atoms with Crippen molar-refractivity contribution in [3.63, 3.8) is 0 Å². The summed E-state index contributed by atoms with van der Waals surface area (Å²) in [5.74, 6) is -0.358. The highest BCUT2D eigenvalue weighted by Crippen LogP contribution is 2.18. The summed E-state index contributed by atoms with van der Waals surface area (Å²) in [7, 11) is -1.67. The number of ketones is 1. The molecule has 0 saturated heterocycles. The molecule has 29 heavy (non-hydrogen) atoms. The van der Waals surface area contributed by atoms with Crippen molar-refractivity contribution in [2.75, 3.05) is 17.1 Å². The molecule has 0 aliphatic carbocycles. The molecular weight excluding hydrogens is 388 g/mol. The van der Waals surface area contributed by atoms with Crippen LogP contribution in [0.5, 0.6) is 0 Å². The molecule has 0 aliphatic heterocycles. The summed E-state index contributed by atoms with van der Waals surface area (Å²) < 4.78 is 27.7. The lowest BCUT2D eigenvalue weighted by Gasteiger charge is -2.10. The highest BCUT2D eigenvalue weighted by molar-refractivity contribution is 7.92. The van der Waals surface area contributed by atoms with Gasteiger partial charge in [-0.05, 0) is 36.8 Å². The molecule has 0 amide bonds. The summed E-state index contributed by atoms with van der Waals surface area (Å²) in [5.41, 5.74) is 4.81. The molecule has 0 aliphatic rings. The van der Waals surface area contributed by atoms with E-state index < -0.39 is 16.6 Å². The van der Waals surface area contributed by atoms with Crippen LogP contribution in [0, 0.1) is 6.92 Å². The molecule has 2 aromatic carbocycles. The van der Waals surface area contributed by atoms with E-state index in [1.54, 1.807) is 12.1 Å². The minimum absolute atomic E-state index is 0.0209. The molecule has 6 nitrogen and oxygen atoms in total. The monoisotopic (exact) mass is 412 g/mol. The summed E-state index contributed by atoms with van der Waals surface area (Å²) in [4.78, 5) is 12.8. The number of anilines is 1. The van der Waals surface area contributed by atoms with Crippen LogP contribution in [-0.2, 0) is 23.5 Å². The van der Waals surface area contributed by atoms with Gasteiger partial charge in [-0.2, -0.15) is 0 Å². The lowest BCUT2D eigenvalue weighted by Crippen LogP contribution is -2.18. The van der Waals surface area contributed by atoms with E-state index in [-0.39, 0.29) is 11.5 Å². The topological polar surface area (TPSA) is 88.4 Å². The number of aliphatic hydroxyl groups is 1. The van der Waals surface area contributed by atoms with Gasteiger partial charge in [-0.3, -0.25) is 9.52 Å². The van der Waals surface area contributed by atoms with Crippen LogP contribution in [0.3, 0.4) is 0 Å². The van der Waals surface area contributed by atoms with E-state index in [0.717, 1.165) is 16.8 Å². The third kappa shape index (κ3) is 5.13. The van der Waals surface area contributed by atoms with Gasteiger partial charge in [0.15, 0.2) is 0 Å². The Morgan fingerprint density at radius 3 is 2.28 bits per heavy atom. The smallest absolute Gasteiger partial charge is 0.234 e. The maximum atomic E-state index is 12.8. The summed E-state index contributed by atoms with van der Waals surface area (Å²) in [6.07, 6.45) is 0.612. The Morgan fingerprint density at radius 2 is 1.66 bits per heavy atom. The summed E-state index contributed by atoms with van der Waals surface area (Å²) in [6, 6.07) is 18.3. The number of aryl methyl sites for hydroxylation is 1. The first-order valence-electron chi connectivity index (χ1n) is 9.25. The lowest BCUT2D eigenvalue weighted by molar-refractivity contribution is 0.103. The summed E-state index contributed by atoms with van der Waals surface area (Å²) >= 11 is 0. The first kappa shape index (κ1) is 20.8. The van der Waals surface area contributed by atoms with Crippen molar-refractivity contribution < 1.29 is 18.3 Å². The van der Waals surface area contributed by atoms with E-state index in [9.17, 15) is 13.2 Å². The normalized spacial score (nSPS) is 11.4. The van der Waals surface area contributed by atoms with E-state index >= 15 is 0 Å². The second-order valence-corrected chi connectivity index (χ2v) is 8.82. The number of nitrogens with zero attached hydrogens (tertiary/aromatic N) is 1. The molecule has 0 atom stereocenters. The minimum Gasteiger partial charge on any atom is -0.395 e. The number of hydrogen-bond donors (Lipinski definition) is 2. The van der Waals surface area contributed by atoms with Gasteiger partial charge in [-0.15, -0.1) is 0 Å². The summed E-state index contributed by atoms with van der Waals surface area (Å²) in [6.45, 7) is 1.56. The van der Waals surface area contributed by atoms with Crippen LogP contribution in [0.2, 0.25) is 0 Å². The van der Waals surface area contributed by atoms with Crippen LogP contribution in [-0.4, -0.2) is 36.2 Å². The fourth-order valence-electron chi connectivity index (χ4n) is 3.06. The Kier molecular flexibility index (Phi) is 6.20. The minimum atomic E-state index is -3.54. The number of benzene rings is 2. The third-order valence-corrected chi connectivity index (χ3v) is 6.01. The van der Waals surface area contributed by atoms with Gasteiger partial charge in [0.05, 0.1) is 18.1 Å². The van der Waals surface area contributed by atoms with E-state index in [1.807, 2.05) is 67.1 Å². The van der Waals surface area contributed by atoms with Crippen molar-refractivity contribution in [3.8, 4) is 0 Å². The maximum absolute atomic E-state index is 12.8. The molecule has 0 fully saturated rings. The van der Waals surface area contributed by atoms with Crippen LogP contribution >= 0.6 is 0 Å². The molecule has 152 valence electrons. The van der Waals surface area contributed by atoms with E-state index in [0.29, 0.717) is 23.4 Å². The van der Waals surface area contributed by atoms with Crippen molar-refractivity contribution in [1.29, 1.82) is 0 Å². The standard InChI is InChI=1S/C22H24N2O4S/c1-16-3-7-18(8-4-16)22(26)21-12-11-20(24(21)2)15-17-5-9-19(10-6-17)23-29(27,28)14-13-25/h3-12,23,25H,13-15H2,1-2H3. The Labute approximate surface area is 170 Å². The second-order valence-electron chi connectivity index (χ2n) is 6.98. The fraction of sp³-hybridized carbons (Fsp3) is 0.227. The van der Waals surface area contributed by atoms with Gasteiger partial charge < -0.3 is 9.67 Å². The number of rotatable bonds is 8. The highest BCUT2D eigenvalue weighted by atomic mass is 32.2. The van der Waals surface area contributed by atoms with Gasteiger partial charge in [0.2, 0.25) is 15.8 Å². The quantitative estimate of drug-likeness (QED) is 0.557. The highest BCUT2D eigenvalue weighted by Gasteiger charge is 2.15. The zero-order valence-electron chi connectivity index (χ0n) is 16.4. The second kappa shape index (κ2) is 8.63. The molecule has 1 aromatic heterocycles. The molecule has 3 aromatic rings. The van der Waals surface area contributed by atoms with Crippen LogP contribution in [0.15, 0.2) is 60.7 Å². The first-order valence-corrected chi connectivity index (χ1v) is 10.9. The Balaban J connectivity index is 1.73. The third-order valence-electron chi connectivity index (χ3n) is 4.74. The summed E-state index contributed by atoms with van der Waals surface area (Å²) in [5, 5.41) is 8.79. The number of hydrogen-bond acceptors (Lipinski definition) is 4. The SMILES string of the molecule is Cc1ccc(C(=O)c2ccc(Cc3ccc(NS(=O)(=O)CCO)cc3)n2C)cc1. The van der Waals surface area contributed by atoms with Gasteiger partial charge in [0.25, 0.3) is 0 Å². The Hall–Kier alpha value is -2.90. The number of carbonyl (C=O) groups excluding carboxylic acids is 1. The predicted molar refractivity (Wildman–Crippen MR) is 114 cm³/mol. The molecule has 1 heterocycles. The Morgan fingerprint density at radius 1 is 1.00 bits per heavy atom. The number of carbonyl (C=O) groups is 1. The zero-order valence-corrected chi connectivity index (χ0v) is 17.2. The number of sulfonamides is 1. The predicted octanol–water partition coefficient (Wildman–Crippen LogP) is 2.89. The van der Waals surface area contributed by atoms with Gasteiger partial charge in [-0.25, -0.2) is 8.42 Å². The van der Waals surface area contributed by atoms with Crippen LogP contribution in [0.25, 0.3) is 0 Å². The van der Waals surface area contributed by atoms with Crippen molar-refractivity contribution in [2.45, 2.75) is 13.3 Å².